The number of sulfone groups is 1. The van der Waals surface area contributed by atoms with Crippen molar-refractivity contribution in [3.63, 3.8) is 0 Å². The van der Waals surface area contributed by atoms with E-state index in [0.29, 0.717) is 11.1 Å². The molecule has 0 heterocycles. The minimum Gasteiger partial charge on any atom is -0.481 e. The predicted octanol–water partition coefficient (Wildman–Crippen LogP) is 0.954. The average molecular weight is 271 g/mol. The van der Waals surface area contributed by atoms with Crippen molar-refractivity contribution in [1.82, 2.24) is 0 Å². The van der Waals surface area contributed by atoms with Gasteiger partial charge in [-0.25, -0.2) is 8.42 Å². The minimum absolute atomic E-state index is 0.136. The van der Waals surface area contributed by atoms with Crippen molar-refractivity contribution >= 4 is 15.8 Å². The normalized spacial score (nSPS) is 11.8. The molecule has 1 aromatic rings. The molecule has 5 nitrogen and oxygen atoms in total. The van der Waals surface area contributed by atoms with Gasteiger partial charge >= 0.3 is 5.97 Å². The highest BCUT2D eigenvalue weighted by Crippen LogP contribution is 2.20. The largest absolute Gasteiger partial charge is 0.481 e. The van der Waals surface area contributed by atoms with Crippen molar-refractivity contribution in [2.24, 2.45) is 5.73 Å². The number of nitrogens with two attached hydrogens (primary N) is 1. The predicted molar refractivity (Wildman–Crippen MR) is 68.0 cm³/mol. The number of carbonyl (C=O) groups is 1. The van der Waals surface area contributed by atoms with Gasteiger partial charge in [0, 0.05) is 6.54 Å². The summed E-state index contributed by atoms with van der Waals surface area (Å²) in [6, 6.07) is 4.52. The van der Waals surface area contributed by atoms with Crippen LogP contribution in [0.5, 0.6) is 0 Å². The van der Waals surface area contributed by atoms with E-state index in [2.05, 4.69) is 0 Å². The molecule has 0 fully saturated rings. The van der Waals surface area contributed by atoms with E-state index in [1.165, 1.54) is 12.1 Å². The van der Waals surface area contributed by atoms with Gasteiger partial charge < -0.3 is 10.8 Å². The van der Waals surface area contributed by atoms with Crippen LogP contribution in [0.15, 0.2) is 23.1 Å². The Morgan fingerprint density at radius 3 is 2.28 bits per heavy atom. The Morgan fingerprint density at radius 2 is 1.83 bits per heavy atom. The van der Waals surface area contributed by atoms with Crippen molar-refractivity contribution in [2.75, 3.05) is 0 Å². The lowest BCUT2D eigenvalue weighted by Crippen LogP contribution is -2.15. The Balaban J connectivity index is 3.33. The van der Waals surface area contributed by atoms with E-state index in [0.717, 1.165) is 0 Å². The van der Waals surface area contributed by atoms with Gasteiger partial charge in [0.2, 0.25) is 0 Å². The molecule has 0 saturated carbocycles. The van der Waals surface area contributed by atoms with Crippen molar-refractivity contribution < 1.29 is 18.3 Å². The van der Waals surface area contributed by atoms with Crippen LogP contribution in [-0.4, -0.2) is 24.7 Å². The Bertz CT molecular complexity index is 549. The Morgan fingerprint density at radius 1 is 1.28 bits per heavy atom. The second kappa shape index (κ2) is 5.49. The summed E-state index contributed by atoms with van der Waals surface area (Å²) in [6.45, 7) is 3.34. The first-order valence-electron chi connectivity index (χ1n) is 5.56. The fourth-order valence-corrected chi connectivity index (χ4v) is 2.74. The molecular formula is C12H17NO4S. The SMILES string of the molecule is CC(C)S(=O)(=O)c1cc(CN)cc(CC(=O)O)c1. The van der Waals surface area contributed by atoms with Crippen molar-refractivity contribution in [3.8, 4) is 0 Å². The number of aliphatic carboxylic acids is 1. The van der Waals surface area contributed by atoms with Crippen LogP contribution in [0.4, 0.5) is 0 Å². The molecule has 3 N–H and O–H groups in total. The maximum Gasteiger partial charge on any atom is 0.307 e. The number of rotatable bonds is 5. The van der Waals surface area contributed by atoms with Gasteiger partial charge in [0.15, 0.2) is 9.84 Å². The molecule has 0 amide bonds. The maximum atomic E-state index is 12.0. The first-order valence-corrected chi connectivity index (χ1v) is 7.10. The number of hydrogen-bond acceptors (Lipinski definition) is 4. The fraction of sp³-hybridized carbons (Fsp3) is 0.417. The third kappa shape index (κ3) is 3.30. The molecular weight excluding hydrogens is 254 g/mol. The van der Waals surface area contributed by atoms with Crippen molar-refractivity contribution in [1.29, 1.82) is 0 Å². The van der Waals surface area contributed by atoms with Gasteiger partial charge in [0.05, 0.1) is 16.6 Å². The van der Waals surface area contributed by atoms with Crippen LogP contribution in [-0.2, 0) is 27.6 Å². The van der Waals surface area contributed by atoms with Crippen molar-refractivity contribution in [3.05, 3.63) is 29.3 Å². The molecule has 100 valence electrons. The molecule has 18 heavy (non-hydrogen) atoms. The molecule has 0 aliphatic rings. The Kier molecular flexibility index (Phi) is 4.48. The Labute approximate surface area is 107 Å². The monoisotopic (exact) mass is 271 g/mol. The van der Waals surface area contributed by atoms with Gasteiger partial charge in [-0.15, -0.1) is 0 Å². The molecule has 0 saturated heterocycles. The summed E-state index contributed by atoms with van der Waals surface area (Å²) >= 11 is 0. The standard InChI is InChI=1S/C12H17NO4S/c1-8(2)18(16,17)11-4-9(6-12(14)15)3-10(5-11)7-13/h3-5,8H,6-7,13H2,1-2H3,(H,14,15). The molecule has 1 aromatic carbocycles. The molecule has 0 radical (unpaired) electrons. The van der Waals surface area contributed by atoms with Crippen LogP contribution < -0.4 is 5.73 Å². The van der Waals surface area contributed by atoms with Crippen LogP contribution >= 0.6 is 0 Å². The molecule has 1 rings (SSSR count). The van der Waals surface area contributed by atoms with Crippen LogP contribution in [0.25, 0.3) is 0 Å². The first kappa shape index (κ1) is 14.7. The highest BCUT2D eigenvalue weighted by atomic mass is 32.2. The zero-order valence-corrected chi connectivity index (χ0v) is 11.2. The highest BCUT2D eigenvalue weighted by molar-refractivity contribution is 7.92. The van der Waals surface area contributed by atoms with E-state index in [1.807, 2.05) is 0 Å². The third-order valence-electron chi connectivity index (χ3n) is 2.57. The average Bonchev–Trinajstić information content (AvgIpc) is 2.27. The van der Waals surface area contributed by atoms with Crippen LogP contribution in [0.1, 0.15) is 25.0 Å². The second-order valence-corrected chi connectivity index (χ2v) is 6.86. The summed E-state index contributed by atoms with van der Waals surface area (Å²) in [5.41, 5.74) is 6.56. The molecule has 0 unspecified atom stereocenters. The van der Waals surface area contributed by atoms with Gasteiger partial charge in [-0.2, -0.15) is 0 Å². The third-order valence-corrected chi connectivity index (χ3v) is 4.70. The van der Waals surface area contributed by atoms with E-state index in [4.69, 9.17) is 10.8 Å². The van der Waals surface area contributed by atoms with Crippen LogP contribution in [0.2, 0.25) is 0 Å². The summed E-state index contributed by atoms with van der Waals surface area (Å²) in [4.78, 5) is 10.8. The number of hydrogen-bond donors (Lipinski definition) is 2. The highest BCUT2D eigenvalue weighted by Gasteiger charge is 2.20. The quantitative estimate of drug-likeness (QED) is 0.831. The topological polar surface area (TPSA) is 97.5 Å². The molecule has 0 aromatic heterocycles. The molecule has 0 aliphatic heterocycles. The number of carboxylic acid groups (broad SMARTS) is 1. The summed E-state index contributed by atoms with van der Waals surface area (Å²) in [7, 11) is -3.42. The number of carboxylic acids is 1. The smallest absolute Gasteiger partial charge is 0.307 e. The summed E-state index contributed by atoms with van der Waals surface area (Å²) < 4.78 is 24.1. The van der Waals surface area contributed by atoms with Crippen LogP contribution in [0, 0.1) is 0 Å². The molecule has 6 heteroatoms. The van der Waals surface area contributed by atoms with Gasteiger partial charge in [-0.05, 0) is 37.1 Å². The van der Waals surface area contributed by atoms with Gasteiger partial charge in [-0.1, -0.05) is 6.07 Å². The maximum absolute atomic E-state index is 12.0. The molecule has 0 bridgehead atoms. The van der Waals surface area contributed by atoms with Crippen LogP contribution in [0.3, 0.4) is 0 Å². The second-order valence-electron chi connectivity index (χ2n) is 4.35. The number of benzene rings is 1. The lowest BCUT2D eigenvalue weighted by atomic mass is 10.1. The summed E-state index contributed by atoms with van der Waals surface area (Å²) in [6.07, 6.45) is -0.214. The zero-order chi connectivity index (χ0) is 13.9. The fourth-order valence-electron chi connectivity index (χ4n) is 1.56. The molecule has 0 spiro atoms. The van der Waals surface area contributed by atoms with E-state index >= 15 is 0 Å². The van der Waals surface area contributed by atoms with E-state index in [-0.39, 0.29) is 17.9 Å². The zero-order valence-electron chi connectivity index (χ0n) is 10.4. The van der Waals surface area contributed by atoms with Gasteiger partial charge in [0.1, 0.15) is 0 Å². The van der Waals surface area contributed by atoms with E-state index < -0.39 is 21.1 Å². The van der Waals surface area contributed by atoms with E-state index in [9.17, 15) is 13.2 Å². The lowest BCUT2D eigenvalue weighted by Gasteiger charge is -2.11. The summed E-state index contributed by atoms with van der Waals surface area (Å²) in [5, 5.41) is 8.20. The molecule has 0 atom stereocenters. The lowest BCUT2D eigenvalue weighted by molar-refractivity contribution is -0.136. The first-order chi connectivity index (χ1) is 8.27. The van der Waals surface area contributed by atoms with Gasteiger partial charge in [0.25, 0.3) is 0 Å². The van der Waals surface area contributed by atoms with Crippen molar-refractivity contribution in [2.45, 2.75) is 37.0 Å². The molecule has 0 aliphatic carbocycles. The summed E-state index contributed by atoms with van der Waals surface area (Å²) in [5.74, 6) is -1.00. The minimum atomic E-state index is -3.42. The Hall–Kier alpha value is -1.40. The van der Waals surface area contributed by atoms with E-state index in [1.54, 1.807) is 19.9 Å². The van der Waals surface area contributed by atoms with Gasteiger partial charge in [-0.3, -0.25) is 4.79 Å².